The molecule has 2 heterocycles. The average molecular weight is 602 g/mol. The topological polar surface area (TPSA) is 43.6 Å². The lowest BCUT2D eigenvalue weighted by Crippen LogP contribution is -2.47. The Balaban J connectivity index is 1.71. The summed E-state index contributed by atoms with van der Waals surface area (Å²) < 4.78 is 44.6. The Bertz CT molecular complexity index is 1400. The first kappa shape index (κ1) is 24.7. The summed E-state index contributed by atoms with van der Waals surface area (Å²) in [5, 5.41) is 9.44. The molecule has 1 saturated carbocycles. The third kappa shape index (κ3) is 4.20. The summed E-state index contributed by atoms with van der Waals surface area (Å²) >= 11 is 17.1. The highest BCUT2D eigenvalue weighted by molar-refractivity contribution is 9.10. The number of imidazole rings is 1. The van der Waals surface area contributed by atoms with Crippen molar-refractivity contribution in [3.8, 4) is 27.8 Å². The van der Waals surface area contributed by atoms with Gasteiger partial charge in [-0.1, -0.05) is 63.8 Å². The molecule has 11 heteroatoms. The molecule has 1 aliphatic rings. The Labute approximate surface area is 222 Å². The first-order chi connectivity index (χ1) is 16.6. The van der Waals surface area contributed by atoms with Gasteiger partial charge in [0.25, 0.3) is 0 Å². The van der Waals surface area contributed by atoms with Crippen molar-refractivity contribution in [2.24, 2.45) is 0 Å². The molecule has 182 valence electrons. The number of halogens is 6. The highest BCUT2D eigenvalue weighted by atomic mass is 79.9. The van der Waals surface area contributed by atoms with Crippen molar-refractivity contribution >= 4 is 50.5 Å². The molecule has 5 rings (SSSR count). The molecule has 0 aliphatic heterocycles. The highest BCUT2D eigenvalue weighted by Crippen LogP contribution is 2.55. The van der Waals surface area contributed by atoms with Crippen molar-refractivity contribution in [1.29, 1.82) is 0 Å². The maximum atomic E-state index is 13.9. The summed E-state index contributed by atoms with van der Waals surface area (Å²) in [5.41, 5.74) is 0.865. The molecule has 0 unspecified atom stereocenters. The molecule has 0 saturated heterocycles. The van der Waals surface area contributed by atoms with Gasteiger partial charge in [-0.2, -0.15) is 13.2 Å². The monoisotopic (exact) mass is 600 g/mol. The van der Waals surface area contributed by atoms with Crippen LogP contribution >= 0.6 is 50.5 Å². The number of benzene rings is 2. The fourth-order valence-electron chi connectivity index (χ4n) is 4.33. The second-order valence-corrected chi connectivity index (χ2v) is 11.1. The summed E-state index contributed by atoms with van der Waals surface area (Å²) in [6.45, 7) is 1.97. The molecule has 0 spiro atoms. The molecule has 1 aliphatic carbocycles. The maximum absolute atomic E-state index is 13.9. The van der Waals surface area contributed by atoms with E-state index in [9.17, 15) is 13.2 Å². The Morgan fingerprint density at radius 1 is 1.09 bits per heavy atom. The van der Waals surface area contributed by atoms with Crippen LogP contribution < -0.4 is 0 Å². The number of alkyl halides is 3. The van der Waals surface area contributed by atoms with Crippen LogP contribution in [0.4, 0.5) is 13.2 Å². The van der Waals surface area contributed by atoms with E-state index in [1.165, 1.54) is 0 Å². The molecule has 0 radical (unpaired) electrons. The standard InChI is InChI=1S/C24H18BrCl2F3N4S/c1-2-18-19(21-32-33-22(35-21)23(10-3-11-23)24(28,29)30)31-20(16-9-6-14(26)12-17(16)27)34(18)15-7-4-13(25)5-8-15/h4-9,12H,2-3,10-11H2,1H3. The van der Waals surface area contributed by atoms with Crippen LogP contribution in [0.5, 0.6) is 0 Å². The fraction of sp³-hybridized carbons (Fsp3) is 0.292. The van der Waals surface area contributed by atoms with Crippen LogP contribution in [0.25, 0.3) is 27.8 Å². The van der Waals surface area contributed by atoms with E-state index in [1.807, 2.05) is 35.8 Å². The van der Waals surface area contributed by atoms with Crippen LogP contribution in [0.15, 0.2) is 46.9 Å². The lowest BCUT2D eigenvalue weighted by Gasteiger charge is -2.40. The largest absolute Gasteiger partial charge is 0.400 e. The molecular weight excluding hydrogens is 584 g/mol. The zero-order chi connectivity index (χ0) is 25.0. The summed E-state index contributed by atoms with van der Waals surface area (Å²) in [4.78, 5) is 4.86. The minimum atomic E-state index is -4.37. The van der Waals surface area contributed by atoms with Crippen molar-refractivity contribution in [1.82, 2.24) is 19.7 Å². The molecule has 35 heavy (non-hydrogen) atoms. The first-order valence-electron chi connectivity index (χ1n) is 10.9. The second kappa shape index (κ2) is 9.18. The predicted octanol–water partition coefficient (Wildman–Crippen LogP) is 8.67. The molecule has 0 amide bonds. The van der Waals surface area contributed by atoms with Crippen molar-refractivity contribution < 1.29 is 13.2 Å². The van der Waals surface area contributed by atoms with Crippen molar-refractivity contribution in [3.63, 3.8) is 0 Å². The van der Waals surface area contributed by atoms with Gasteiger partial charge in [-0.05, 0) is 61.7 Å². The van der Waals surface area contributed by atoms with E-state index in [-0.39, 0.29) is 17.8 Å². The molecule has 0 atom stereocenters. The number of rotatable bonds is 5. The second-order valence-electron chi connectivity index (χ2n) is 8.37. The Hall–Kier alpha value is -1.94. The minimum Gasteiger partial charge on any atom is -0.296 e. The van der Waals surface area contributed by atoms with E-state index in [1.54, 1.807) is 18.2 Å². The predicted molar refractivity (Wildman–Crippen MR) is 137 cm³/mol. The normalized spacial score (nSPS) is 15.3. The lowest BCUT2D eigenvalue weighted by molar-refractivity contribution is -0.212. The average Bonchev–Trinajstić information content (AvgIpc) is 3.37. The molecule has 4 nitrogen and oxygen atoms in total. The van der Waals surface area contributed by atoms with Crippen LogP contribution in [0.1, 0.15) is 36.9 Å². The van der Waals surface area contributed by atoms with Crippen molar-refractivity contribution in [2.75, 3.05) is 0 Å². The quantitative estimate of drug-likeness (QED) is 0.230. The minimum absolute atomic E-state index is 0.00225. The van der Waals surface area contributed by atoms with Gasteiger partial charge in [0.05, 0.1) is 10.7 Å². The van der Waals surface area contributed by atoms with E-state index < -0.39 is 11.6 Å². The van der Waals surface area contributed by atoms with Gasteiger partial charge in [0.15, 0.2) is 5.01 Å². The number of aromatic nitrogens is 4. The third-order valence-electron chi connectivity index (χ3n) is 6.35. The van der Waals surface area contributed by atoms with Crippen LogP contribution in [0.3, 0.4) is 0 Å². The molecular formula is C24H18BrCl2F3N4S. The zero-order valence-corrected chi connectivity index (χ0v) is 22.2. The Kier molecular flexibility index (Phi) is 6.49. The van der Waals surface area contributed by atoms with Crippen LogP contribution in [-0.2, 0) is 11.8 Å². The van der Waals surface area contributed by atoms with Gasteiger partial charge in [0.2, 0.25) is 0 Å². The highest BCUT2D eigenvalue weighted by Gasteiger charge is 2.61. The van der Waals surface area contributed by atoms with E-state index in [0.29, 0.717) is 45.0 Å². The maximum Gasteiger partial charge on any atom is 0.400 e. The number of hydrogen-bond donors (Lipinski definition) is 0. The molecule has 2 aromatic carbocycles. The lowest BCUT2D eigenvalue weighted by atomic mass is 9.68. The van der Waals surface area contributed by atoms with Crippen LogP contribution in [0, 0.1) is 0 Å². The summed E-state index contributed by atoms with van der Waals surface area (Å²) in [6, 6.07) is 12.8. The van der Waals surface area contributed by atoms with Gasteiger partial charge in [-0.15, -0.1) is 10.2 Å². The SMILES string of the molecule is CCc1c(-c2nnc(C3(C(F)(F)F)CCC3)s2)nc(-c2ccc(Cl)cc2Cl)n1-c1ccc(Br)cc1. The molecule has 2 aromatic heterocycles. The fourth-order valence-corrected chi connectivity index (χ4v) is 6.21. The smallest absolute Gasteiger partial charge is 0.296 e. The van der Waals surface area contributed by atoms with Crippen molar-refractivity contribution in [2.45, 2.75) is 44.2 Å². The Morgan fingerprint density at radius 2 is 1.80 bits per heavy atom. The molecule has 4 aromatic rings. The van der Waals surface area contributed by atoms with Gasteiger partial charge >= 0.3 is 6.18 Å². The third-order valence-corrected chi connectivity index (χ3v) is 8.56. The first-order valence-corrected chi connectivity index (χ1v) is 13.2. The van der Waals surface area contributed by atoms with Gasteiger partial charge in [-0.25, -0.2) is 4.98 Å². The van der Waals surface area contributed by atoms with Gasteiger partial charge in [0, 0.05) is 20.7 Å². The van der Waals surface area contributed by atoms with E-state index in [0.717, 1.165) is 27.2 Å². The van der Waals surface area contributed by atoms with Crippen LogP contribution in [-0.4, -0.2) is 25.9 Å². The molecule has 1 fully saturated rings. The van der Waals surface area contributed by atoms with Crippen molar-refractivity contribution in [3.05, 3.63) is 67.7 Å². The zero-order valence-electron chi connectivity index (χ0n) is 18.3. The van der Waals surface area contributed by atoms with Gasteiger partial charge in [0.1, 0.15) is 21.9 Å². The molecule has 0 N–H and O–H groups in total. The number of nitrogens with zero attached hydrogens (tertiary/aromatic N) is 4. The molecule has 0 bridgehead atoms. The summed E-state index contributed by atoms with van der Waals surface area (Å²) in [7, 11) is 0. The van der Waals surface area contributed by atoms with Crippen LogP contribution in [0.2, 0.25) is 10.0 Å². The van der Waals surface area contributed by atoms with E-state index >= 15 is 0 Å². The number of hydrogen-bond acceptors (Lipinski definition) is 4. The van der Waals surface area contributed by atoms with Gasteiger partial charge < -0.3 is 0 Å². The summed E-state index contributed by atoms with van der Waals surface area (Å²) in [5.74, 6) is 0.548. The van der Waals surface area contributed by atoms with E-state index in [2.05, 4.69) is 26.1 Å². The van der Waals surface area contributed by atoms with Gasteiger partial charge in [-0.3, -0.25) is 4.57 Å². The van der Waals surface area contributed by atoms with E-state index in [4.69, 9.17) is 28.2 Å². The summed E-state index contributed by atoms with van der Waals surface area (Å²) in [6.07, 6.45) is -3.22. The Morgan fingerprint density at radius 3 is 2.37 bits per heavy atom.